The van der Waals surface area contributed by atoms with Gasteiger partial charge < -0.3 is 19.7 Å². The van der Waals surface area contributed by atoms with E-state index in [1.54, 1.807) is 11.0 Å². The van der Waals surface area contributed by atoms with Crippen molar-refractivity contribution in [1.29, 1.82) is 0 Å². The summed E-state index contributed by atoms with van der Waals surface area (Å²) in [6.07, 6.45) is 1.52. The monoisotopic (exact) mass is 363 g/mol. The predicted molar refractivity (Wildman–Crippen MR) is 102 cm³/mol. The number of rotatable bonds is 2. The van der Waals surface area contributed by atoms with Gasteiger partial charge in [-0.3, -0.25) is 4.79 Å². The Morgan fingerprint density at radius 3 is 2.81 bits per heavy atom. The Labute approximate surface area is 157 Å². The first kappa shape index (κ1) is 17.1. The molecule has 0 unspecified atom stereocenters. The molecular weight excluding hydrogens is 342 g/mol. The molecule has 2 aromatic carbocycles. The van der Waals surface area contributed by atoms with Crippen molar-refractivity contribution in [3.05, 3.63) is 65.2 Å². The van der Waals surface area contributed by atoms with E-state index in [1.165, 1.54) is 6.33 Å². The summed E-state index contributed by atoms with van der Waals surface area (Å²) in [7, 11) is 0. The van der Waals surface area contributed by atoms with Crippen molar-refractivity contribution in [2.45, 2.75) is 20.4 Å². The number of hydrogen-bond acceptors (Lipinski definition) is 4. The summed E-state index contributed by atoms with van der Waals surface area (Å²) < 4.78 is 5.76. The maximum atomic E-state index is 12.9. The van der Waals surface area contributed by atoms with E-state index in [2.05, 4.69) is 9.97 Å². The number of carbonyl (C=O) groups excluding carboxylic acids is 1. The highest BCUT2D eigenvalue weighted by molar-refractivity contribution is 5.93. The molecule has 138 valence electrons. The first-order valence-electron chi connectivity index (χ1n) is 8.88. The fourth-order valence-corrected chi connectivity index (χ4v) is 3.45. The van der Waals surface area contributed by atoms with Gasteiger partial charge in [0.05, 0.1) is 12.9 Å². The van der Waals surface area contributed by atoms with Crippen molar-refractivity contribution in [3.63, 3.8) is 0 Å². The summed E-state index contributed by atoms with van der Waals surface area (Å²) in [5, 5.41) is 10.5. The van der Waals surface area contributed by atoms with Gasteiger partial charge in [0.1, 0.15) is 12.3 Å². The number of ether oxygens (including phenoxy) is 1. The number of nitrogens with zero attached hydrogens (tertiary/aromatic N) is 2. The maximum Gasteiger partial charge on any atom is 0.274 e. The first-order valence-corrected chi connectivity index (χ1v) is 8.88. The zero-order valence-electron chi connectivity index (χ0n) is 15.3. The number of benzene rings is 2. The molecule has 0 aliphatic carbocycles. The molecule has 2 N–H and O–H groups in total. The molecule has 1 aliphatic rings. The van der Waals surface area contributed by atoms with Gasteiger partial charge in [-0.25, -0.2) is 4.98 Å². The quantitative estimate of drug-likeness (QED) is 0.731. The summed E-state index contributed by atoms with van der Waals surface area (Å²) in [5.41, 5.74) is 5.00. The highest BCUT2D eigenvalue weighted by Crippen LogP contribution is 2.38. The lowest BCUT2D eigenvalue weighted by Gasteiger charge is -2.19. The molecule has 3 aromatic rings. The van der Waals surface area contributed by atoms with Gasteiger partial charge in [-0.05, 0) is 42.7 Å². The normalized spacial score (nSPS) is 13.6. The van der Waals surface area contributed by atoms with E-state index in [4.69, 9.17) is 4.74 Å². The number of imidazole rings is 1. The Balaban J connectivity index is 1.72. The van der Waals surface area contributed by atoms with Gasteiger partial charge in [0.15, 0.2) is 11.5 Å². The smallest absolute Gasteiger partial charge is 0.274 e. The van der Waals surface area contributed by atoms with Gasteiger partial charge in [-0.15, -0.1) is 0 Å². The maximum absolute atomic E-state index is 12.9. The molecule has 0 spiro atoms. The number of phenols is 1. The van der Waals surface area contributed by atoms with Crippen molar-refractivity contribution in [2.75, 3.05) is 13.2 Å². The van der Waals surface area contributed by atoms with Crippen LogP contribution in [-0.2, 0) is 6.54 Å². The number of fused-ring (bicyclic) bond motifs is 1. The third kappa shape index (κ3) is 3.14. The molecule has 2 heterocycles. The molecule has 1 aromatic heterocycles. The molecule has 0 radical (unpaired) electrons. The van der Waals surface area contributed by atoms with Crippen molar-refractivity contribution >= 4 is 5.91 Å². The van der Waals surface area contributed by atoms with Crippen molar-refractivity contribution in [3.8, 4) is 22.6 Å². The average molecular weight is 363 g/mol. The number of aromatic hydroxyl groups is 1. The Morgan fingerprint density at radius 2 is 2.07 bits per heavy atom. The number of amides is 1. The van der Waals surface area contributed by atoms with E-state index in [0.717, 1.165) is 27.9 Å². The third-order valence-corrected chi connectivity index (χ3v) is 4.89. The SMILES string of the molecule is Cc1ccccc1-c1cc(O)c2c(c1)CN(C(=O)c1nc[nH]c1C)CCO2. The van der Waals surface area contributed by atoms with E-state index in [-0.39, 0.29) is 11.7 Å². The number of aryl methyl sites for hydroxylation is 2. The zero-order valence-corrected chi connectivity index (χ0v) is 15.3. The minimum Gasteiger partial charge on any atom is -0.504 e. The van der Waals surface area contributed by atoms with E-state index < -0.39 is 0 Å². The standard InChI is InChI=1S/C21H21N3O3/c1-13-5-3-4-6-17(13)15-9-16-11-24(7-8-27-20(16)18(25)10-15)21(26)19-14(2)22-12-23-19/h3-6,9-10,12,25H,7-8,11H2,1-2H3,(H,22,23). The molecule has 0 bridgehead atoms. The van der Waals surface area contributed by atoms with E-state index >= 15 is 0 Å². The lowest BCUT2D eigenvalue weighted by atomic mass is 9.98. The van der Waals surface area contributed by atoms with Crippen LogP contribution in [0.2, 0.25) is 0 Å². The Morgan fingerprint density at radius 1 is 1.26 bits per heavy atom. The number of H-pyrrole nitrogens is 1. The van der Waals surface area contributed by atoms with Crippen LogP contribution in [0.15, 0.2) is 42.7 Å². The fraction of sp³-hybridized carbons (Fsp3) is 0.238. The minimum absolute atomic E-state index is 0.0935. The largest absolute Gasteiger partial charge is 0.504 e. The second-order valence-corrected chi connectivity index (χ2v) is 6.75. The predicted octanol–water partition coefficient (Wildman–Crippen LogP) is 3.43. The lowest BCUT2D eigenvalue weighted by Crippen LogP contribution is -2.33. The van der Waals surface area contributed by atoms with Crippen LogP contribution in [0.1, 0.15) is 27.3 Å². The first-order chi connectivity index (χ1) is 13.0. The molecule has 6 nitrogen and oxygen atoms in total. The van der Waals surface area contributed by atoms with E-state index in [0.29, 0.717) is 31.1 Å². The Hall–Kier alpha value is -3.28. The van der Waals surface area contributed by atoms with E-state index in [9.17, 15) is 9.90 Å². The van der Waals surface area contributed by atoms with E-state index in [1.807, 2.05) is 44.2 Å². The summed E-state index contributed by atoms with van der Waals surface area (Å²) in [5.74, 6) is 0.392. The van der Waals surface area contributed by atoms with Gasteiger partial charge in [-0.2, -0.15) is 0 Å². The summed E-state index contributed by atoms with van der Waals surface area (Å²) in [6, 6.07) is 11.7. The summed E-state index contributed by atoms with van der Waals surface area (Å²) >= 11 is 0. The molecule has 6 heteroatoms. The molecule has 27 heavy (non-hydrogen) atoms. The number of phenolic OH excluding ortho intramolecular Hbond substituents is 1. The van der Waals surface area contributed by atoms with Crippen LogP contribution < -0.4 is 4.74 Å². The highest BCUT2D eigenvalue weighted by atomic mass is 16.5. The van der Waals surface area contributed by atoms with Gasteiger partial charge in [-0.1, -0.05) is 24.3 Å². The second kappa shape index (κ2) is 6.79. The van der Waals surface area contributed by atoms with Gasteiger partial charge in [0.25, 0.3) is 5.91 Å². The number of aromatic amines is 1. The molecule has 0 saturated carbocycles. The molecule has 1 aliphatic heterocycles. The van der Waals surface area contributed by atoms with Crippen molar-refractivity contribution in [1.82, 2.24) is 14.9 Å². The Kier molecular flexibility index (Phi) is 4.32. The number of carbonyl (C=O) groups is 1. The van der Waals surface area contributed by atoms with Crippen LogP contribution in [-0.4, -0.2) is 39.0 Å². The second-order valence-electron chi connectivity index (χ2n) is 6.75. The molecule has 0 atom stereocenters. The molecular formula is C21H21N3O3. The van der Waals surface area contributed by atoms with Crippen LogP contribution in [0.25, 0.3) is 11.1 Å². The molecule has 0 saturated heterocycles. The average Bonchev–Trinajstić information content (AvgIpc) is 2.95. The highest BCUT2D eigenvalue weighted by Gasteiger charge is 2.25. The lowest BCUT2D eigenvalue weighted by molar-refractivity contribution is 0.0727. The van der Waals surface area contributed by atoms with Crippen LogP contribution in [0.4, 0.5) is 0 Å². The fourth-order valence-electron chi connectivity index (χ4n) is 3.45. The van der Waals surface area contributed by atoms with Crippen molar-refractivity contribution < 1.29 is 14.6 Å². The topological polar surface area (TPSA) is 78.5 Å². The van der Waals surface area contributed by atoms with Gasteiger partial charge in [0, 0.05) is 17.8 Å². The van der Waals surface area contributed by atoms with Crippen LogP contribution in [0.5, 0.6) is 11.5 Å². The van der Waals surface area contributed by atoms with Gasteiger partial charge >= 0.3 is 0 Å². The van der Waals surface area contributed by atoms with Crippen LogP contribution in [0, 0.1) is 13.8 Å². The van der Waals surface area contributed by atoms with Crippen LogP contribution in [0.3, 0.4) is 0 Å². The number of nitrogens with one attached hydrogen (secondary N) is 1. The minimum atomic E-state index is -0.147. The Bertz CT molecular complexity index is 1010. The van der Waals surface area contributed by atoms with Crippen molar-refractivity contribution in [2.24, 2.45) is 0 Å². The number of hydrogen-bond donors (Lipinski definition) is 2. The summed E-state index contributed by atoms with van der Waals surface area (Å²) in [6.45, 7) is 4.96. The summed E-state index contributed by atoms with van der Waals surface area (Å²) in [4.78, 5) is 21.6. The number of aromatic nitrogens is 2. The zero-order chi connectivity index (χ0) is 19.0. The van der Waals surface area contributed by atoms with Gasteiger partial charge in [0.2, 0.25) is 0 Å². The van der Waals surface area contributed by atoms with Crippen LogP contribution >= 0.6 is 0 Å². The third-order valence-electron chi connectivity index (χ3n) is 4.89. The molecule has 4 rings (SSSR count). The molecule has 1 amide bonds. The molecule has 0 fully saturated rings.